The fraction of sp³-hybridized carbons (Fsp3) is 0.863. The molecule has 57 heavy (non-hydrogen) atoms. The molecule has 0 heterocycles. The highest BCUT2D eigenvalue weighted by atomic mass is 16.6. The van der Waals surface area contributed by atoms with Crippen molar-refractivity contribution in [3.05, 3.63) is 24.3 Å². The number of hydrogen-bond acceptors (Lipinski definition) is 6. The number of carbonyl (C=O) groups excluding carboxylic acids is 3. The summed E-state index contributed by atoms with van der Waals surface area (Å²) in [7, 11) is 0. The largest absolute Gasteiger partial charge is 0.462 e. The van der Waals surface area contributed by atoms with Crippen LogP contribution < -0.4 is 0 Å². The van der Waals surface area contributed by atoms with Gasteiger partial charge in [0, 0.05) is 19.3 Å². The van der Waals surface area contributed by atoms with Gasteiger partial charge in [-0.1, -0.05) is 225 Å². The molecule has 0 N–H and O–H groups in total. The zero-order valence-corrected chi connectivity index (χ0v) is 38.1. The topological polar surface area (TPSA) is 78.9 Å². The minimum Gasteiger partial charge on any atom is -0.462 e. The number of ether oxygens (including phenoxy) is 3. The Hall–Kier alpha value is -2.11. The minimum absolute atomic E-state index is 0.0734. The SMILES string of the molecule is CCCC/C=C\C/C=C\CCCCCCCC(=O)OC(COC(=O)CCCCCCCC)COC(=O)CCCCCCCCCCCCCCCCCCCCC. The average molecular weight is 803 g/mol. The molecule has 0 fully saturated rings. The molecule has 0 bridgehead atoms. The van der Waals surface area contributed by atoms with Crippen molar-refractivity contribution in [2.75, 3.05) is 13.2 Å². The van der Waals surface area contributed by atoms with E-state index >= 15 is 0 Å². The molecule has 0 amide bonds. The molecule has 0 aromatic heterocycles. The maximum Gasteiger partial charge on any atom is 0.306 e. The second kappa shape index (κ2) is 46.6. The zero-order chi connectivity index (χ0) is 41.5. The van der Waals surface area contributed by atoms with Crippen LogP contribution in [-0.4, -0.2) is 37.2 Å². The zero-order valence-electron chi connectivity index (χ0n) is 38.1. The Kier molecular flexibility index (Phi) is 44.9. The van der Waals surface area contributed by atoms with Crippen molar-refractivity contribution in [3.63, 3.8) is 0 Å². The molecular formula is C51H94O6. The molecule has 334 valence electrons. The van der Waals surface area contributed by atoms with E-state index in [9.17, 15) is 14.4 Å². The highest BCUT2D eigenvalue weighted by molar-refractivity contribution is 5.71. The van der Waals surface area contributed by atoms with Gasteiger partial charge in [-0.05, 0) is 44.9 Å². The predicted octanol–water partition coefficient (Wildman–Crippen LogP) is 16.0. The van der Waals surface area contributed by atoms with Crippen molar-refractivity contribution >= 4 is 17.9 Å². The van der Waals surface area contributed by atoms with Gasteiger partial charge < -0.3 is 14.2 Å². The van der Waals surface area contributed by atoms with Crippen LogP contribution in [0.25, 0.3) is 0 Å². The summed E-state index contributed by atoms with van der Waals surface area (Å²) in [5.41, 5.74) is 0. The first-order valence-corrected chi connectivity index (χ1v) is 24.8. The fourth-order valence-corrected chi connectivity index (χ4v) is 7.17. The van der Waals surface area contributed by atoms with E-state index < -0.39 is 6.10 Å². The first-order chi connectivity index (χ1) is 28.0. The Bertz CT molecular complexity index is 927. The lowest BCUT2D eigenvalue weighted by molar-refractivity contribution is -0.167. The lowest BCUT2D eigenvalue weighted by Crippen LogP contribution is -2.30. The van der Waals surface area contributed by atoms with Gasteiger partial charge in [-0.15, -0.1) is 0 Å². The lowest BCUT2D eigenvalue weighted by atomic mass is 10.0. The molecule has 0 aliphatic rings. The molecule has 0 aromatic carbocycles. The van der Waals surface area contributed by atoms with Gasteiger partial charge in [-0.2, -0.15) is 0 Å². The van der Waals surface area contributed by atoms with Crippen LogP contribution in [0.15, 0.2) is 24.3 Å². The number of allylic oxidation sites excluding steroid dienone is 4. The Morgan fingerprint density at radius 3 is 1.02 bits per heavy atom. The van der Waals surface area contributed by atoms with Crippen LogP contribution in [0.3, 0.4) is 0 Å². The molecule has 6 heteroatoms. The van der Waals surface area contributed by atoms with E-state index in [1.807, 2.05) is 0 Å². The van der Waals surface area contributed by atoms with Crippen molar-refractivity contribution in [2.24, 2.45) is 0 Å². The summed E-state index contributed by atoms with van der Waals surface area (Å²) in [4.78, 5) is 37.6. The van der Waals surface area contributed by atoms with E-state index in [2.05, 4.69) is 45.1 Å². The maximum atomic E-state index is 12.7. The molecular weight excluding hydrogens is 709 g/mol. The van der Waals surface area contributed by atoms with Gasteiger partial charge >= 0.3 is 17.9 Å². The summed E-state index contributed by atoms with van der Waals surface area (Å²) in [5, 5.41) is 0. The third kappa shape index (κ3) is 44.8. The summed E-state index contributed by atoms with van der Waals surface area (Å²) < 4.78 is 16.7. The standard InChI is InChI=1S/C51H94O6/c1-4-7-10-13-16-18-20-22-24-25-26-27-28-30-31-33-35-38-41-44-50(53)56-47-48(46-55-49(52)43-40-37-15-12-9-6-3)57-51(54)45-42-39-36-34-32-29-23-21-19-17-14-11-8-5-2/h14,17,21,23,48H,4-13,15-16,18-20,22,24-47H2,1-3H3/b17-14-,23-21-. The summed E-state index contributed by atoms with van der Waals surface area (Å²) in [6, 6.07) is 0. The Morgan fingerprint density at radius 1 is 0.351 bits per heavy atom. The Balaban J connectivity index is 4.18. The summed E-state index contributed by atoms with van der Waals surface area (Å²) in [6.45, 7) is 6.55. The summed E-state index contributed by atoms with van der Waals surface area (Å²) in [6.07, 6.45) is 51.9. The molecule has 0 radical (unpaired) electrons. The van der Waals surface area contributed by atoms with Crippen LogP contribution in [0, 0.1) is 0 Å². The van der Waals surface area contributed by atoms with Crippen molar-refractivity contribution < 1.29 is 28.6 Å². The monoisotopic (exact) mass is 803 g/mol. The van der Waals surface area contributed by atoms with Crippen molar-refractivity contribution in [1.82, 2.24) is 0 Å². The molecule has 0 saturated carbocycles. The van der Waals surface area contributed by atoms with Crippen LogP contribution in [-0.2, 0) is 28.6 Å². The summed E-state index contributed by atoms with van der Waals surface area (Å²) >= 11 is 0. The van der Waals surface area contributed by atoms with Gasteiger partial charge in [0.2, 0.25) is 0 Å². The molecule has 0 rings (SSSR count). The van der Waals surface area contributed by atoms with E-state index in [1.54, 1.807) is 0 Å². The van der Waals surface area contributed by atoms with Crippen molar-refractivity contribution in [1.29, 1.82) is 0 Å². The molecule has 0 aliphatic carbocycles. The first-order valence-electron chi connectivity index (χ1n) is 24.8. The maximum absolute atomic E-state index is 12.7. The van der Waals surface area contributed by atoms with Crippen molar-refractivity contribution in [2.45, 2.75) is 271 Å². The van der Waals surface area contributed by atoms with E-state index in [-0.39, 0.29) is 31.1 Å². The molecule has 0 spiro atoms. The molecule has 1 unspecified atom stereocenters. The molecule has 6 nitrogen and oxygen atoms in total. The third-order valence-electron chi connectivity index (χ3n) is 11.0. The molecule has 0 aliphatic heterocycles. The average Bonchev–Trinajstić information content (AvgIpc) is 3.21. The van der Waals surface area contributed by atoms with Crippen LogP contribution in [0.5, 0.6) is 0 Å². The number of hydrogen-bond donors (Lipinski definition) is 0. The second-order valence-corrected chi connectivity index (χ2v) is 16.7. The van der Waals surface area contributed by atoms with Crippen LogP contribution in [0.4, 0.5) is 0 Å². The molecule has 0 aromatic rings. The van der Waals surface area contributed by atoms with Gasteiger partial charge in [0.1, 0.15) is 13.2 Å². The highest BCUT2D eigenvalue weighted by Crippen LogP contribution is 2.16. The van der Waals surface area contributed by atoms with Crippen molar-refractivity contribution in [3.8, 4) is 0 Å². The van der Waals surface area contributed by atoms with Crippen LogP contribution >= 0.6 is 0 Å². The van der Waals surface area contributed by atoms with Gasteiger partial charge in [0.25, 0.3) is 0 Å². The van der Waals surface area contributed by atoms with E-state index in [0.717, 1.165) is 83.5 Å². The normalized spacial score (nSPS) is 12.1. The first kappa shape index (κ1) is 54.9. The molecule has 0 saturated heterocycles. The Morgan fingerprint density at radius 2 is 0.649 bits per heavy atom. The smallest absolute Gasteiger partial charge is 0.306 e. The fourth-order valence-electron chi connectivity index (χ4n) is 7.17. The summed E-state index contributed by atoms with van der Waals surface area (Å²) in [5.74, 6) is -0.887. The van der Waals surface area contributed by atoms with Crippen LogP contribution in [0.2, 0.25) is 0 Å². The van der Waals surface area contributed by atoms with E-state index in [4.69, 9.17) is 14.2 Å². The van der Waals surface area contributed by atoms with Crippen LogP contribution in [0.1, 0.15) is 265 Å². The number of carbonyl (C=O) groups is 3. The highest BCUT2D eigenvalue weighted by Gasteiger charge is 2.19. The Labute approximate surface area is 353 Å². The predicted molar refractivity (Wildman–Crippen MR) is 243 cm³/mol. The van der Waals surface area contributed by atoms with E-state index in [1.165, 1.54) is 141 Å². The minimum atomic E-state index is -0.770. The van der Waals surface area contributed by atoms with Gasteiger partial charge in [-0.3, -0.25) is 14.4 Å². The number of esters is 3. The van der Waals surface area contributed by atoms with Gasteiger partial charge in [-0.25, -0.2) is 0 Å². The van der Waals surface area contributed by atoms with Gasteiger partial charge in [0.05, 0.1) is 0 Å². The number of unbranched alkanes of at least 4 members (excludes halogenated alkanes) is 30. The number of rotatable bonds is 45. The second-order valence-electron chi connectivity index (χ2n) is 16.7. The third-order valence-corrected chi connectivity index (χ3v) is 11.0. The quantitative estimate of drug-likeness (QED) is 0.0264. The lowest BCUT2D eigenvalue weighted by Gasteiger charge is -2.18. The van der Waals surface area contributed by atoms with Gasteiger partial charge in [0.15, 0.2) is 6.10 Å². The molecule has 1 atom stereocenters. The van der Waals surface area contributed by atoms with E-state index in [0.29, 0.717) is 19.3 Å².